The summed E-state index contributed by atoms with van der Waals surface area (Å²) in [6, 6.07) is 12.3. The molecule has 0 saturated heterocycles. The molecule has 0 aliphatic rings. The van der Waals surface area contributed by atoms with E-state index in [1.807, 2.05) is 42.0 Å². The molecule has 2 N–H and O–H groups in total. The number of rotatable bonds is 8. The molecule has 0 radical (unpaired) electrons. The Labute approximate surface area is 162 Å². The summed E-state index contributed by atoms with van der Waals surface area (Å²) >= 11 is 0. The van der Waals surface area contributed by atoms with Crippen LogP contribution in [0.5, 0.6) is 0 Å². The SMILES string of the molecule is CCCC(NC(=O)CNS(=O)(=O)c1cccc(C(F)(F)F)c1)c1ccccc1. The van der Waals surface area contributed by atoms with Gasteiger partial charge in [0.15, 0.2) is 0 Å². The molecular weight excluding hydrogens is 393 g/mol. The second-order valence-corrected chi connectivity index (χ2v) is 7.94. The van der Waals surface area contributed by atoms with Gasteiger partial charge in [0.2, 0.25) is 15.9 Å². The Morgan fingerprint density at radius 1 is 1.07 bits per heavy atom. The van der Waals surface area contributed by atoms with Gasteiger partial charge in [0.05, 0.1) is 23.0 Å². The lowest BCUT2D eigenvalue weighted by molar-refractivity contribution is -0.137. The van der Waals surface area contributed by atoms with Crippen molar-refractivity contribution in [3.05, 3.63) is 65.7 Å². The second-order valence-electron chi connectivity index (χ2n) is 6.17. The number of hydrogen-bond acceptors (Lipinski definition) is 3. The van der Waals surface area contributed by atoms with Crippen LogP contribution in [0.2, 0.25) is 0 Å². The molecule has 2 aromatic rings. The van der Waals surface area contributed by atoms with Gasteiger partial charge >= 0.3 is 6.18 Å². The standard InChI is InChI=1S/C19H21F3N2O3S/c1-2-7-17(14-8-4-3-5-9-14)24-18(25)13-23-28(26,27)16-11-6-10-15(12-16)19(20,21)22/h3-6,8-12,17,23H,2,7,13H2,1H3,(H,24,25). The van der Waals surface area contributed by atoms with E-state index >= 15 is 0 Å². The fourth-order valence-corrected chi connectivity index (χ4v) is 3.65. The molecule has 1 unspecified atom stereocenters. The van der Waals surface area contributed by atoms with Crippen molar-refractivity contribution in [2.24, 2.45) is 0 Å². The molecule has 152 valence electrons. The van der Waals surface area contributed by atoms with Gasteiger partial charge in [-0.05, 0) is 30.2 Å². The van der Waals surface area contributed by atoms with Crippen molar-refractivity contribution in [1.82, 2.24) is 10.0 Å². The summed E-state index contributed by atoms with van der Waals surface area (Å²) in [7, 11) is -4.26. The van der Waals surface area contributed by atoms with Gasteiger partial charge in [-0.1, -0.05) is 49.7 Å². The second kappa shape index (κ2) is 9.20. The van der Waals surface area contributed by atoms with Crippen molar-refractivity contribution in [2.45, 2.75) is 36.9 Å². The minimum absolute atomic E-state index is 0.281. The van der Waals surface area contributed by atoms with Crippen LogP contribution >= 0.6 is 0 Å². The Bertz CT molecular complexity index is 900. The van der Waals surface area contributed by atoms with Crippen molar-refractivity contribution >= 4 is 15.9 Å². The summed E-state index contributed by atoms with van der Waals surface area (Å²) < 4.78 is 64.8. The third-order valence-electron chi connectivity index (χ3n) is 4.01. The number of nitrogens with one attached hydrogen (secondary N) is 2. The number of carbonyl (C=O) groups excluding carboxylic acids is 1. The number of halogens is 3. The molecule has 9 heteroatoms. The molecule has 2 rings (SSSR count). The molecule has 5 nitrogen and oxygen atoms in total. The van der Waals surface area contributed by atoms with Gasteiger partial charge in [-0.2, -0.15) is 13.2 Å². The van der Waals surface area contributed by atoms with E-state index in [0.717, 1.165) is 30.2 Å². The fourth-order valence-electron chi connectivity index (χ4n) is 2.63. The molecule has 0 spiro atoms. The van der Waals surface area contributed by atoms with E-state index in [1.54, 1.807) is 0 Å². The lowest BCUT2D eigenvalue weighted by Gasteiger charge is -2.19. The van der Waals surface area contributed by atoms with Crippen LogP contribution in [0.15, 0.2) is 59.5 Å². The maximum absolute atomic E-state index is 12.8. The minimum atomic E-state index is -4.66. The van der Waals surface area contributed by atoms with Crippen molar-refractivity contribution in [3.63, 3.8) is 0 Å². The monoisotopic (exact) mass is 414 g/mol. The molecule has 1 amide bonds. The van der Waals surface area contributed by atoms with Crippen LogP contribution in [0, 0.1) is 0 Å². The van der Waals surface area contributed by atoms with E-state index in [1.165, 1.54) is 0 Å². The summed E-state index contributed by atoms with van der Waals surface area (Å²) in [6.45, 7) is 1.38. The summed E-state index contributed by atoms with van der Waals surface area (Å²) in [5.74, 6) is -0.571. The molecule has 28 heavy (non-hydrogen) atoms. The summed E-state index contributed by atoms with van der Waals surface area (Å²) in [6.07, 6.45) is -3.20. The molecular formula is C19H21F3N2O3S. The number of alkyl halides is 3. The minimum Gasteiger partial charge on any atom is -0.348 e. The Morgan fingerprint density at radius 3 is 2.36 bits per heavy atom. The van der Waals surface area contributed by atoms with E-state index in [2.05, 4.69) is 5.32 Å². The van der Waals surface area contributed by atoms with Crippen LogP contribution < -0.4 is 10.0 Å². The zero-order valence-electron chi connectivity index (χ0n) is 15.2. The van der Waals surface area contributed by atoms with Crippen molar-refractivity contribution in [2.75, 3.05) is 6.54 Å². The predicted molar refractivity (Wildman–Crippen MR) is 98.9 cm³/mol. The maximum Gasteiger partial charge on any atom is 0.416 e. The van der Waals surface area contributed by atoms with Crippen LogP contribution in [0.1, 0.15) is 36.9 Å². The van der Waals surface area contributed by atoms with Crippen molar-refractivity contribution in [3.8, 4) is 0 Å². The molecule has 0 fully saturated rings. The van der Waals surface area contributed by atoms with E-state index in [9.17, 15) is 26.4 Å². The highest BCUT2D eigenvalue weighted by Crippen LogP contribution is 2.30. The molecule has 0 aliphatic carbocycles. The van der Waals surface area contributed by atoms with Crippen LogP contribution in [0.4, 0.5) is 13.2 Å². The average molecular weight is 414 g/mol. The number of sulfonamides is 1. The predicted octanol–water partition coefficient (Wildman–Crippen LogP) is 3.64. The third kappa shape index (κ3) is 6.07. The van der Waals surface area contributed by atoms with Gasteiger partial charge in [0, 0.05) is 0 Å². The number of amides is 1. The summed E-state index contributed by atoms with van der Waals surface area (Å²) in [4.78, 5) is 11.6. The Hall–Kier alpha value is -2.39. The lowest BCUT2D eigenvalue weighted by atomic mass is 10.0. The molecule has 0 bridgehead atoms. The average Bonchev–Trinajstić information content (AvgIpc) is 2.66. The molecule has 0 heterocycles. The molecule has 0 aromatic heterocycles. The first-order valence-electron chi connectivity index (χ1n) is 8.64. The van der Waals surface area contributed by atoms with Crippen LogP contribution in [0.25, 0.3) is 0 Å². The third-order valence-corrected chi connectivity index (χ3v) is 5.41. The van der Waals surface area contributed by atoms with Crippen molar-refractivity contribution < 1.29 is 26.4 Å². The normalized spacial score (nSPS) is 13.1. The highest BCUT2D eigenvalue weighted by Gasteiger charge is 2.31. The van der Waals surface area contributed by atoms with Crippen molar-refractivity contribution in [1.29, 1.82) is 0 Å². The van der Waals surface area contributed by atoms with Gasteiger partial charge < -0.3 is 5.32 Å². The largest absolute Gasteiger partial charge is 0.416 e. The van der Waals surface area contributed by atoms with Gasteiger partial charge in [0.1, 0.15) is 0 Å². The fraction of sp³-hybridized carbons (Fsp3) is 0.316. The first-order chi connectivity index (χ1) is 13.1. The molecule has 1 atom stereocenters. The van der Waals surface area contributed by atoms with Crippen LogP contribution in [0.3, 0.4) is 0 Å². The Balaban J connectivity index is 2.04. The number of carbonyl (C=O) groups is 1. The Morgan fingerprint density at radius 2 is 1.75 bits per heavy atom. The van der Waals surface area contributed by atoms with Gasteiger partial charge in [-0.15, -0.1) is 0 Å². The zero-order chi connectivity index (χ0) is 20.8. The molecule has 2 aromatic carbocycles. The number of hydrogen-bond donors (Lipinski definition) is 2. The lowest BCUT2D eigenvalue weighted by Crippen LogP contribution is -2.38. The van der Waals surface area contributed by atoms with Gasteiger partial charge in [0.25, 0.3) is 0 Å². The summed E-state index contributed by atoms with van der Waals surface area (Å²) in [5.41, 5.74) is -0.189. The van der Waals surface area contributed by atoms with Gasteiger partial charge in [-0.3, -0.25) is 4.79 Å². The highest BCUT2D eigenvalue weighted by atomic mass is 32.2. The van der Waals surface area contributed by atoms with E-state index in [4.69, 9.17) is 0 Å². The first-order valence-corrected chi connectivity index (χ1v) is 10.1. The topological polar surface area (TPSA) is 75.3 Å². The van der Waals surface area contributed by atoms with Crippen LogP contribution in [-0.2, 0) is 21.0 Å². The zero-order valence-corrected chi connectivity index (χ0v) is 16.0. The van der Waals surface area contributed by atoms with Gasteiger partial charge in [-0.25, -0.2) is 13.1 Å². The maximum atomic E-state index is 12.8. The molecule has 0 aliphatic heterocycles. The summed E-state index contributed by atoms with van der Waals surface area (Å²) in [5, 5.41) is 2.75. The smallest absolute Gasteiger partial charge is 0.348 e. The quantitative estimate of drug-likeness (QED) is 0.693. The number of benzene rings is 2. The van der Waals surface area contributed by atoms with E-state index in [-0.39, 0.29) is 6.04 Å². The van der Waals surface area contributed by atoms with E-state index < -0.39 is 39.1 Å². The van der Waals surface area contributed by atoms with Crippen LogP contribution in [-0.4, -0.2) is 20.9 Å². The van der Waals surface area contributed by atoms with E-state index in [0.29, 0.717) is 12.5 Å². The molecule has 0 saturated carbocycles. The first kappa shape index (κ1) is 21.9. The Kier molecular flexibility index (Phi) is 7.20. The highest BCUT2D eigenvalue weighted by molar-refractivity contribution is 7.89.